The standard InChI is InChI=1S/C22H22BrN3O3S/c1-29-12-2-11-26-20(28)17-8-3-14(13-18(17)24-21(26)30)19(27)25-22(9-10-22)15-4-6-16(23)7-5-15/h3-8,13H,2,9-12H2,1H3,(H,24,30)(H,25,27). The summed E-state index contributed by atoms with van der Waals surface area (Å²) in [6.07, 6.45) is 2.50. The second-order valence-corrected chi connectivity index (χ2v) is 8.84. The van der Waals surface area contributed by atoms with Gasteiger partial charge in [0.15, 0.2) is 4.77 Å². The normalized spacial score (nSPS) is 14.6. The summed E-state index contributed by atoms with van der Waals surface area (Å²) in [7, 11) is 1.62. The van der Waals surface area contributed by atoms with Crippen molar-refractivity contribution in [1.29, 1.82) is 0 Å². The Kier molecular flexibility index (Phi) is 5.90. The van der Waals surface area contributed by atoms with Gasteiger partial charge in [-0.3, -0.25) is 14.2 Å². The fraction of sp³-hybridized carbons (Fsp3) is 0.318. The van der Waals surface area contributed by atoms with Crippen LogP contribution in [0.1, 0.15) is 35.2 Å². The molecular weight excluding hydrogens is 466 g/mol. The maximum Gasteiger partial charge on any atom is 0.262 e. The zero-order valence-electron chi connectivity index (χ0n) is 16.5. The lowest BCUT2D eigenvalue weighted by atomic mass is 10.0. The summed E-state index contributed by atoms with van der Waals surface area (Å²) >= 11 is 8.80. The first-order valence-corrected chi connectivity index (χ1v) is 11.0. The molecule has 1 heterocycles. The van der Waals surface area contributed by atoms with E-state index in [2.05, 4.69) is 26.2 Å². The lowest BCUT2D eigenvalue weighted by molar-refractivity contribution is 0.0931. The third-order valence-corrected chi connectivity index (χ3v) is 6.32. The fourth-order valence-electron chi connectivity index (χ4n) is 3.64. The number of halogens is 1. The topological polar surface area (TPSA) is 76.1 Å². The Labute approximate surface area is 187 Å². The molecule has 0 saturated heterocycles. The molecule has 1 saturated carbocycles. The molecule has 1 fully saturated rings. The number of nitrogens with one attached hydrogen (secondary N) is 2. The van der Waals surface area contributed by atoms with Crippen LogP contribution in [0.5, 0.6) is 0 Å². The zero-order valence-corrected chi connectivity index (χ0v) is 18.9. The number of carbonyl (C=O) groups is 1. The van der Waals surface area contributed by atoms with Crippen molar-refractivity contribution in [1.82, 2.24) is 14.9 Å². The molecule has 1 aromatic heterocycles. The Morgan fingerprint density at radius 2 is 2.00 bits per heavy atom. The molecule has 2 aromatic carbocycles. The predicted octanol–water partition coefficient (Wildman–Crippen LogP) is 4.28. The van der Waals surface area contributed by atoms with Gasteiger partial charge in [0.05, 0.1) is 16.4 Å². The van der Waals surface area contributed by atoms with E-state index in [1.165, 1.54) is 4.57 Å². The van der Waals surface area contributed by atoms with Gasteiger partial charge in [-0.15, -0.1) is 0 Å². The third kappa shape index (κ3) is 4.12. The van der Waals surface area contributed by atoms with Crippen LogP contribution in [0, 0.1) is 4.77 Å². The maximum absolute atomic E-state index is 12.9. The number of hydrogen-bond acceptors (Lipinski definition) is 4. The van der Waals surface area contributed by atoms with Crippen LogP contribution < -0.4 is 10.9 Å². The Morgan fingerprint density at radius 3 is 2.67 bits per heavy atom. The van der Waals surface area contributed by atoms with Crippen molar-refractivity contribution in [2.24, 2.45) is 0 Å². The number of rotatable bonds is 7. The van der Waals surface area contributed by atoms with E-state index < -0.39 is 0 Å². The number of methoxy groups -OCH3 is 1. The van der Waals surface area contributed by atoms with Crippen LogP contribution in [-0.2, 0) is 16.8 Å². The molecule has 0 aliphatic heterocycles. The second kappa shape index (κ2) is 8.45. The number of H-pyrrole nitrogens is 1. The number of benzene rings is 2. The molecule has 30 heavy (non-hydrogen) atoms. The van der Waals surface area contributed by atoms with Crippen molar-refractivity contribution in [3.8, 4) is 0 Å². The molecule has 6 nitrogen and oxygen atoms in total. The molecule has 1 amide bonds. The summed E-state index contributed by atoms with van der Waals surface area (Å²) in [5, 5.41) is 3.67. The van der Waals surface area contributed by atoms with Crippen molar-refractivity contribution in [3.63, 3.8) is 0 Å². The molecule has 1 aliphatic rings. The summed E-state index contributed by atoms with van der Waals surface area (Å²) < 4.78 is 7.93. The number of ether oxygens (including phenoxy) is 1. The van der Waals surface area contributed by atoms with E-state index in [0.717, 1.165) is 22.9 Å². The highest BCUT2D eigenvalue weighted by Crippen LogP contribution is 2.45. The van der Waals surface area contributed by atoms with E-state index in [0.29, 0.717) is 40.8 Å². The number of fused-ring (bicyclic) bond motifs is 1. The molecule has 0 spiro atoms. The quantitative estimate of drug-likeness (QED) is 0.385. The highest BCUT2D eigenvalue weighted by Gasteiger charge is 2.45. The van der Waals surface area contributed by atoms with Gasteiger partial charge in [0.1, 0.15) is 0 Å². The van der Waals surface area contributed by atoms with Gasteiger partial charge in [0.25, 0.3) is 11.5 Å². The number of aromatic nitrogens is 2. The summed E-state index contributed by atoms with van der Waals surface area (Å²) in [4.78, 5) is 28.8. The number of hydrogen-bond donors (Lipinski definition) is 2. The maximum atomic E-state index is 12.9. The molecule has 156 valence electrons. The number of carbonyl (C=O) groups excluding carboxylic acids is 1. The molecule has 0 bridgehead atoms. The van der Waals surface area contributed by atoms with Crippen LogP contribution in [0.3, 0.4) is 0 Å². The average Bonchev–Trinajstić information content (AvgIpc) is 3.51. The minimum absolute atomic E-state index is 0.162. The van der Waals surface area contributed by atoms with Crippen LogP contribution in [-0.4, -0.2) is 29.2 Å². The summed E-state index contributed by atoms with van der Waals surface area (Å²) in [5.74, 6) is -0.166. The minimum Gasteiger partial charge on any atom is -0.385 e. The SMILES string of the molecule is COCCCn1c(=S)[nH]c2cc(C(=O)NC3(c4ccc(Br)cc4)CC3)ccc2c1=O. The van der Waals surface area contributed by atoms with E-state index in [1.54, 1.807) is 25.3 Å². The van der Waals surface area contributed by atoms with E-state index in [4.69, 9.17) is 17.0 Å². The number of aromatic amines is 1. The average molecular weight is 488 g/mol. The van der Waals surface area contributed by atoms with E-state index in [-0.39, 0.29) is 17.0 Å². The predicted molar refractivity (Wildman–Crippen MR) is 122 cm³/mol. The second-order valence-electron chi connectivity index (χ2n) is 7.54. The van der Waals surface area contributed by atoms with Gasteiger partial charge in [-0.25, -0.2) is 0 Å². The largest absolute Gasteiger partial charge is 0.385 e. The Bertz CT molecular complexity index is 1210. The van der Waals surface area contributed by atoms with Crippen LogP contribution in [0.4, 0.5) is 0 Å². The van der Waals surface area contributed by atoms with Crippen molar-refractivity contribution in [2.75, 3.05) is 13.7 Å². The van der Waals surface area contributed by atoms with Crippen molar-refractivity contribution in [2.45, 2.75) is 31.3 Å². The molecule has 1 aliphatic carbocycles. The first kappa shape index (κ1) is 21.0. The molecular formula is C22H22BrN3O3S. The first-order valence-electron chi connectivity index (χ1n) is 9.78. The van der Waals surface area contributed by atoms with E-state index in [1.807, 2.05) is 24.3 Å². The highest BCUT2D eigenvalue weighted by atomic mass is 79.9. The summed E-state index contributed by atoms with van der Waals surface area (Å²) in [6, 6.07) is 13.1. The first-order chi connectivity index (χ1) is 14.4. The highest BCUT2D eigenvalue weighted by molar-refractivity contribution is 9.10. The van der Waals surface area contributed by atoms with Gasteiger partial charge in [-0.1, -0.05) is 28.1 Å². The molecule has 0 unspecified atom stereocenters. The monoisotopic (exact) mass is 487 g/mol. The smallest absolute Gasteiger partial charge is 0.262 e. The third-order valence-electron chi connectivity index (χ3n) is 5.47. The number of amides is 1. The van der Waals surface area contributed by atoms with Gasteiger partial charge < -0.3 is 15.0 Å². The molecule has 4 rings (SSSR count). The van der Waals surface area contributed by atoms with Crippen LogP contribution in [0.25, 0.3) is 10.9 Å². The minimum atomic E-state index is -0.315. The van der Waals surface area contributed by atoms with Gasteiger partial charge in [0, 0.05) is 30.3 Å². The van der Waals surface area contributed by atoms with Crippen molar-refractivity contribution in [3.05, 3.63) is 73.2 Å². The van der Waals surface area contributed by atoms with Gasteiger partial charge in [-0.05, 0) is 67.4 Å². The van der Waals surface area contributed by atoms with Crippen molar-refractivity contribution < 1.29 is 9.53 Å². The van der Waals surface area contributed by atoms with Gasteiger partial charge in [0.2, 0.25) is 0 Å². The lowest BCUT2D eigenvalue weighted by Gasteiger charge is -2.18. The lowest BCUT2D eigenvalue weighted by Crippen LogP contribution is -2.34. The summed E-state index contributed by atoms with van der Waals surface area (Å²) in [5.41, 5.74) is 1.68. The molecule has 0 radical (unpaired) electrons. The zero-order chi connectivity index (χ0) is 21.3. The van der Waals surface area contributed by atoms with E-state index >= 15 is 0 Å². The number of nitrogens with zero attached hydrogens (tertiary/aromatic N) is 1. The van der Waals surface area contributed by atoms with Crippen LogP contribution >= 0.6 is 28.1 Å². The summed E-state index contributed by atoms with van der Waals surface area (Å²) in [6.45, 7) is 1.04. The molecule has 3 aromatic rings. The van der Waals surface area contributed by atoms with E-state index in [9.17, 15) is 9.59 Å². The van der Waals surface area contributed by atoms with Crippen molar-refractivity contribution >= 4 is 45.0 Å². The van der Waals surface area contributed by atoms with Crippen LogP contribution in [0.2, 0.25) is 0 Å². The molecule has 8 heteroatoms. The van der Waals surface area contributed by atoms with Crippen LogP contribution in [0.15, 0.2) is 51.7 Å². The Hall–Kier alpha value is -2.29. The molecule has 2 N–H and O–H groups in total. The van der Waals surface area contributed by atoms with Gasteiger partial charge >= 0.3 is 0 Å². The van der Waals surface area contributed by atoms with Gasteiger partial charge in [-0.2, -0.15) is 0 Å². The Morgan fingerprint density at radius 1 is 1.27 bits per heavy atom. The molecule has 0 atom stereocenters. The fourth-order valence-corrected chi connectivity index (χ4v) is 4.18. The Balaban J connectivity index is 1.60.